The molecule has 0 aromatic heterocycles. The molecule has 0 aliphatic heterocycles. The summed E-state index contributed by atoms with van der Waals surface area (Å²) < 4.78 is 0. The van der Waals surface area contributed by atoms with E-state index in [-0.39, 0.29) is 40.5 Å². The van der Waals surface area contributed by atoms with Crippen LogP contribution >= 0.6 is 0 Å². The highest BCUT2D eigenvalue weighted by Gasteiger charge is 2.19. The highest BCUT2D eigenvalue weighted by atomic mass is 16.3. The van der Waals surface area contributed by atoms with Gasteiger partial charge in [0.15, 0.2) is 0 Å². The average molecular weight is 320 g/mol. The van der Waals surface area contributed by atoms with E-state index in [1.54, 1.807) is 26.0 Å². The number of hydrogen-bond acceptors (Lipinski definition) is 6. The Kier molecular flexibility index (Phi) is 4.68. The minimum atomic E-state index is -0.519. The second-order valence-electron chi connectivity index (χ2n) is 5.55. The highest BCUT2D eigenvalue weighted by molar-refractivity contribution is 5.57. The van der Waals surface area contributed by atoms with Crippen LogP contribution in [0.2, 0.25) is 0 Å². The second kappa shape index (κ2) is 6.36. The van der Waals surface area contributed by atoms with Gasteiger partial charge in [-0.1, -0.05) is 0 Å². The Hall–Kier alpha value is -2.44. The molecule has 6 N–H and O–H groups in total. The first-order valence-electron chi connectivity index (χ1n) is 7.10. The van der Waals surface area contributed by atoms with Crippen LogP contribution in [0.4, 0.5) is 0 Å². The van der Waals surface area contributed by atoms with Crippen LogP contribution in [0.15, 0.2) is 12.1 Å². The Morgan fingerprint density at radius 3 is 1.30 bits per heavy atom. The van der Waals surface area contributed by atoms with Crippen LogP contribution in [0.3, 0.4) is 0 Å². The summed E-state index contributed by atoms with van der Waals surface area (Å²) in [5.74, 6) is -0.829. The maximum atomic E-state index is 10.2. The predicted octanol–water partition coefficient (Wildman–Crippen LogP) is 1.70. The summed E-state index contributed by atoms with van der Waals surface area (Å²) in [7, 11) is 0. The van der Waals surface area contributed by atoms with Gasteiger partial charge in [-0.05, 0) is 48.2 Å². The number of phenols is 4. The van der Waals surface area contributed by atoms with Crippen LogP contribution in [0, 0.1) is 13.8 Å². The summed E-state index contributed by atoms with van der Waals surface area (Å²) in [6.45, 7) is 2.24. The van der Waals surface area contributed by atoms with Crippen molar-refractivity contribution in [1.29, 1.82) is 0 Å². The van der Waals surface area contributed by atoms with Crippen LogP contribution in [-0.4, -0.2) is 30.6 Å². The molecular weight excluding hydrogens is 300 g/mol. The molecule has 0 spiro atoms. The van der Waals surface area contributed by atoms with Gasteiger partial charge in [0, 0.05) is 6.42 Å². The quantitative estimate of drug-likeness (QED) is 0.510. The lowest BCUT2D eigenvalue weighted by atomic mass is 9.94. The van der Waals surface area contributed by atoms with Crippen LogP contribution in [-0.2, 0) is 19.6 Å². The van der Waals surface area contributed by atoms with E-state index in [1.807, 2.05) is 0 Å². The smallest absolute Gasteiger partial charge is 0.128 e. The molecule has 0 aliphatic rings. The first-order chi connectivity index (χ1) is 10.8. The average Bonchev–Trinajstić information content (AvgIpc) is 2.51. The number of aliphatic hydroxyl groups is 2. The molecule has 6 nitrogen and oxygen atoms in total. The van der Waals surface area contributed by atoms with E-state index in [4.69, 9.17) is 0 Å². The van der Waals surface area contributed by atoms with Crippen molar-refractivity contribution >= 4 is 0 Å². The zero-order valence-corrected chi connectivity index (χ0v) is 13.0. The molecular formula is C17H20O6. The highest BCUT2D eigenvalue weighted by Crippen LogP contribution is 2.39. The number of hydrogen-bond donors (Lipinski definition) is 6. The number of benzene rings is 2. The Morgan fingerprint density at radius 1 is 0.652 bits per heavy atom. The fourth-order valence-corrected chi connectivity index (χ4v) is 2.66. The minimum Gasteiger partial charge on any atom is -0.507 e. The van der Waals surface area contributed by atoms with E-state index in [9.17, 15) is 30.6 Å². The molecule has 124 valence electrons. The molecule has 0 aliphatic carbocycles. The molecule has 0 radical (unpaired) electrons. The summed E-state index contributed by atoms with van der Waals surface area (Å²) in [5, 5.41) is 58.7. The Morgan fingerprint density at radius 2 is 1.00 bits per heavy atom. The number of aliphatic hydroxyl groups excluding tert-OH is 2. The van der Waals surface area contributed by atoms with Gasteiger partial charge in [-0.2, -0.15) is 0 Å². The van der Waals surface area contributed by atoms with E-state index in [0.717, 1.165) is 0 Å². The van der Waals surface area contributed by atoms with E-state index in [0.29, 0.717) is 22.3 Å². The summed E-state index contributed by atoms with van der Waals surface area (Å²) in [6.07, 6.45) is 0.111. The van der Waals surface area contributed by atoms with E-state index < -0.39 is 13.2 Å². The molecule has 0 amide bonds. The zero-order chi connectivity index (χ0) is 17.3. The third kappa shape index (κ3) is 2.91. The van der Waals surface area contributed by atoms with Gasteiger partial charge in [0.05, 0.1) is 24.3 Å². The molecule has 2 rings (SSSR count). The molecule has 0 fully saturated rings. The van der Waals surface area contributed by atoms with E-state index in [1.165, 1.54) is 0 Å². The maximum absolute atomic E-state index is 10.2. The number of aromatic hydroxyl groups is 4. The predicted molar refractivity (Wildman–Crippen MR) is 83.7 cm³/mol. The van der Waals surface area contributed by atoms with Crippen LogP contribution in [0.25, 0.3) is 0 Å². The first kappa shape index (κ1) is 16.9. The van der Waals surface area contributed by atoms with Crippen LogP contribution in [0.5, 0.6) is 23.0 Å². The topological polar surface area (TPSA) is 121 Å². The molecule has 0 heterocycles. The normalized spacial score (nSPS) is 11.0. The third-order valence-electron chi connectivity index (χ3n) is 3.98. The molecule has 0 atom stereocenters. The summed E-state index contributed by atoms with van der Waals surface area (Å²) in [4.78, 5) is 0. The van der Waals surface area contributed by atoms with Crippen molar-refractivity contribution < 1.29 is 30.6 Å². The summed E-state index contributed by atoms with van der Waals surface area (Å²) in [6, 6.07) is 3.12. The molecule has 0 saturated heterocycles. The van der Waals surface area contributed by atoms with Gasteiger partial charge in [0.1, 0.15) is 23.0 Å². The van der Waals surface area contributed by atoms with Crippen molar-refractivity contribution in [2.75, 3.05) is 0 Å². The molecule has 2 aromatic rings. The lowest BCUT2D eigenvalue weighted by molar-refractivity contribution is 0.268. The van der Waals surface area contributed by atoms with Crippen molar-refractivity contribution in [2.24, 2.45) is 0 Å². The van der Waals surface area contributed by atoms with Gasteiger partial charge in [-0.25, -0.2) is 0 Å². The Bertz CT molecular complexity index is 688. The second-order valence-corrected chi connectivity index (χ2v) is 5.55. The van der Waals surface area contributed by atoms with Gasteiger partial charge < -0.3 is 30.6 Å². The molecule has 6 heteroatoms. The monoisotopic (exact) mass is 320 g/mol. The molecule has 23 heavy (non-hydrogen) atoms. The molecule has 2 aromatic carbocycles. The van der Waals surface area contributed by atoms with Gasteiger partial charge in [0.25, 0.3) is 0 Å². The van der Waals surface area contributed by atoms with Gasteiger partial charge in [-0.15, -0.1) is 0 Å². The van der Waals surface area contributed by atoms with E-state index >= 15 is 0 Å². The van der Waals surface area contributed by atoms with Gasteiger partial charge >= 0.3 is 0 Å². The van der Waals surface area contributed by atoms with Crippen LogP contribution in [0.1, 0.15) is 33.4 Å². The summed E-state index contributed by atoms with van der Waals surface area (Å²) in [5.41, 5.74) is 1.84. The first-order valence-corrected chi connectivity index (χ1v) is 7.10. The number of rotatable bonds is 4. The van der Waals surface area contributed by atoms with Crippen molar-refractivity contribution in [3.8, 4) is 23.0 Å². The standard InChI is InChI=1S/C17H20O6/c1-8-3-10(16(22)12(6-18)14(8)20)5-11-4-9(2)15(21)13(7-19)17(11)23/h3-4,18-23H,5-7H2,1-2H3. The maximum Gasteiger partial charge on any atom is 0.128 e. The Balaban J connectivity index is 2.57. The summed E-state index contributed by atoms with van der Waals surface area (Å²) >= 11 is 0. The lowest BCUT2D eigenvalue weighted by Gasteiger charge is -2.16. The fraction of sp³-hybridized carbons (Fsp3) is 0.294. The molecule has 0 saturated carbocycles. The molecule has 0 unspecified atom stereocenters. The lowest BCUT2D eigenvalue weighted by Crippen LogP contribution is -1.99. The van der Waals surface area contributed by atoms with Crippen molar-refractivity contribution in [1.82, 2.24) is 0 Å². The van der Waals surface area contributed by atoms with Crippen molar-refractivity contribution in [3.63, 3.8) is 0 Å². The van der Waals surface area contributed by atoms with Crippen molar-refractivity contribution in [2.45, 2.75) is 33.5 Å². The fourth-order valence-electron chi connectivity index (χ4n) is 2.66. The third-order valence-corrected chi connectivity index (χ3v) is 3.98. The van der Waals surface area contributed by atoms with Crippen LogP contribution < -0.4 is 0 Å². The zero-order valence-electron chi connectivity index (χ0n) is 13.0. The van der Waals surface area contributed by atoms with Gasteiger partial charge in [-0.3, -0.25) is 0 Å². The minimum absolute atomic E-state index is 0.0253. The Labute approximate surface area is 133 Å². The molecule has 0 bridgehead atoms. The van der Waals surface area contributed by atoms with E-state index in [2.05, 4.69) is 0 Å². The number of aryl methyl sites for hydroxylation is 2. The largest absolute Gasteiger partial charge is 0.507 e. The SMILES string of the molecule is Cc1cc(Cc2cc(C)c(O)c(CO)c2O)c(O)c(CO)c1O. The van der Waals surface area contributed by atoms with Crippen molar-refractivity contribution in [3.05, 3.63) is 45.5 Å². The van der Waals surface area contributed by atoms with Gasteiger partial charge in [0.2, 0.25) is 0 Å².